The molecule has 0 spiro atoms. The molecular weight excluding hydrogens is 801 g/mol. The fourth-order valence-corrected chi connectivity index (χ4v) is 10.8. The van der Waals surface area contributed by atoms with E-state index in [4.69, 9.17) is 14.6 Å². The molecule has 5 fully saturated rings. The first-order valence-corrected chi connectivity index (χ1v) is 22.2. The molecular formula is C44H53F2N11O5. The number of amides is 3. The standard InChI is InChI=1S/C44H53F2N11O5/c1-26-39-27(4-2-6-35(39)57(51-26)36-7-8-38(58)50-44(36)60)5-3-17-62-32-9-12-53(13-10-32)30-20-28-22-31(23-29(28)21-30)56-25-34(40(52-56)41(45)46)48-43(59)33-24-47-55-14-11-37(49-42(33)55)54-15-18-61-19-16-54/h2,4,6,11,14,24-25,28-32,36,41H,3,5,7-10,12-13,15-23H2,1H3,(H,48,59)(H,50,58,60). The topological polar surface area (TPSA) is 166 Å². The molecule has 3 amide bonds. The Kier molecular flexibility index (Phi) is 11.2. The number of anilines is 2. The van der Waals surface area contributed by atoms with Gasteiger partial charge in [0, 0.05) is 63.0 Å². The molecule has 10 rings (SSSR count). The van der Waals surface area contributed by atoms with Crippen molar-refractivity contribution in [2.45, 2.75) is 102 Å². The highest BCUT2D eigenvalue weighted by atomic mass is 19.3. The van der Waals surface area contributed by atoms with Gasteiger partial charge in [-0.1, -0.05) is 12.1 Å². The maximum Gasteiger partial charge on any atom is 0.284 e. The predicted molar refractivity (Wildman–Crippen MR) is 224 cm³/mol. The number of benzene rings is 1. The molecule has 3 atom stereocenters. The third kappa shape index (κ3) is 7.96. The number of rotatable bonds is 12. The average molecular weight is 854 g/mol. The van der Waals surface area contributed by atoms with Gasteiger partial charge in [-0.25, -0.2) is 18.3 Å². The lowest BCUT2D eigenvalue weighted by Gasteiger charge is -2.36. The van der Waals surface area contributed by atoms with Gasteiger partial charge >= 0.3 is 0 Å². The molecule has 4 aromatic heterocycles. The maximum atomic E-state index is 14.3. The molecule has 3 saturated heterocycles. The molecule has 7 heterocycles. The predicted octanol–water partition coefficient (Wildman–Crippen LogP) is 5.43. The van der Waals surface area contributed by atoms with Crippen molar-refractivity contribution in [3.8, 4) is 0 Å². The number of aryl methyl sites for hydroxylation is 2. The molecule has 5 aliphatic rings. The number of alkyl halides is 2. The quantitative estimate of drug-likeness (QED) is 0.121. The molecule has 18 heteroatoms. The van der Waals surface area contributed by atoms with Crippen LogP contribution in [0.25, 0.3) is 16.6 Å². The van der Waals surface area contributed by atoms with E-state index < -0.39 is 24.1 Å². The zero-order valence-electron chi connectivity index (χ0n) is 34.9. The van der Waals surface area contributed by atoms with Gasteiger partial charge < -0.3 is 24.6 Å². The Hall–Kier alpha value is -5.33. The molecule has 5 aromatic rings. The number of carbonyl (C=O) groups is 3. The van der Waals surface area contributed by atoms with Gasteiger partial charge in [-0.3, -0.25) is 29.1 Å². The maximum absolute atomic E-state index is 14.3. The number of nitrogens with zero attached hydrogens (tertiary/aromatic N) is 9. The Morgan fingerprint density at radius 2 is 1.77 bits per heavy atom. The molecule has 1 aromatic carbocycles. The normalized spacial score (nSPS) is 25.0. The summed E-state index contributed by atoms with van der Waals surface area (Å²) in [6, 6.07) is 8.01. The van der Waals surface area contributed by atoms with Gasteiger partial charge in [-0.05, 0) is 94.2 Å². The van der Waals surface area contributed by atoms with E-state index in [1.54, 1.807) is 21.8 Å². The third-order valence-corrected chi connectivity index (χ3v) is 13.9. The highest BCUT2D eigenvalue weighted by Crippen LogP contribution is 2.50. The number of imide groups is 1. The van der Waals surface area contributed by atoms with E-state index in [0.29, 0.717) is 75.1 Å². The van der Waals surface area contributed by atoms with Crippen LogP contribution in [0.5, 0.6) is 0 Å². The number of ether oxygens (including phenoxy) is 2. The van der Waals surface area contributed by atoms with Crippen molar-refractivity contribution in [2.24, 2.45) is 11.8 Å². The summed E-state index contributed by atoms with van der Waals surface area (Å²) >= 11 is 0. The molecule has 3 aliphatic heterocycles. The zero-order chi connectivity index (χ0) is 42.5. The van der Waals surface area contributed by atoms with Crippen molar-refractivity contribution >= 4 is 45.8 Å². The number of nitrogens with one attached hydrogen (secondary N) is 2. The van der Waals surface area contributed by atoms with Crippen LogP contribution in [0.1, 0.15) is 104 Å². The van der Waals surface area contributed by atoms with Gasteiger partial charge in [0.1, 0.15) is 17.4 Å². The largest absolute Gasteiger partial charge is 0.378 e. The van der Waals surface area contributed by atoms with Crippen LogP contribution in [-0.4, -0.2) is 115 Å². The second-order valence-corrected chi connectivity index (χ2v) is 17.7. The van der Waals surface area contributed by atoms with E-state index in [2.05, 4.69) is 41.7 Å². The van der Waals surface area contributed by atoms with Gasteiger partial charge in [0.25, 0.3) is 18.2 Å². The number of carbonyl (C=O) groups excluding carboxylic acids is 3. The first kappa shape index (κ1) is 40.7. The van der Waals surface area contributed by atoms with Gasteiger partial charge in [-0.2, -0.15) is 15.3 Å². The summed E-state index contributed by atoms with van der Waals surface area (Å²) in [7, 11) is 0. The molecule has 0 radical (unpaired) electrons. The van der Waals surface area contributed by atoms with Crippen LogP contribution in [0, 0.1) is 18.8 Å². The van der Waals surface area contributed by atoms with E-state index >= 15 is 0 Å². The second kappa shape index (κ2) is 17.1. The number of fused-ring (bicyclic) bond motifs is 3. The molecule has 2 N–H and O–H groups in total. The second-order valence-electron chi connectivity index (χ2n) is 17.7. The van der Waals surface area contributed by atoms with E-state index in [1.807, 2.05) is 25.1 Å². The number of likely N-dealkylation sites (tertiary alicyclic amines) is 1. The first-order chi connectivity index (χ1) is 30.2. The van der Waals surface area contributed by atoms with Crippen molar-refractivity contribution in [1.29, 1.82) is 0 Å². The first-order valence-electron chi connectivity index (χ1n) is 22.2. The van der Waals surface area contributed by atoms with E-state index in [1.165, 1.54) is 16.3 Å². The molecule has 3 unspecified atom stereocenters. The number of piperidine rings is 2. The number of hydrogen-bond donors (Lipinski definition) is 2. The van der Waals surface area contributed by atoms with Crippen LogP contribution in [0.2, 0.25) is 0 Å². The Bertz CT molecular complexity index is 2460. The summed E-state index contributed by atoms with van der Waals surface area (Å²) < 4.78 is 45.5. The summed E-state index contributed by atoms with van der Waals surface area (Å²) in [6.07, 6.45) is 10.6. The summed E-state index contributed by atoms with van der Waals surface area (Å²) in [4.78, 5) is 47.2. The molecule has 0 bridgehead atoms. The molecule has 2 aliphatic carbocycles. The minimum atomic E-state index is -2.84. The van der Waals surface area contributed by atoms with E-state index in [0.717, 1.165) is 81.1 Å². The Labute approximate surface area is 357 Å². The van der Waals surface area contributed by atoms with E-state index in [9.17, 15) is 23.2 Å². The van der Waals surface area contributed by atoms with E-state index in [-0.39, 0.29) is 35.2 Å². The Morgan fingerprint density at radius 1 is 1.00 bits per heavy atom. The summed E-state index contributed by atoms with van der Waals surface area (Å²) in [5.74, 6) is 0.624. The van der Waals surface area contributed by atoms with Crippen LogP contribution in [-0.2, 0) is 25.5 Å². The van der Waals surface area contributed by atoms with Crippen molar-refractivity contribution in [1.82, 2.24) is 44.4 Å². The van der Waals surface area contributed by atoms with Crippen LogP contribution in [0.15, 0.2) is 42.9 Å². The smallest absolute Gasteiger partial charge is 0.284 e. The lowest BCUT2D eigenvalue weighted by atomic mass is 10.0. The summed E-state index contributed by atoms with van der Waals surface area (Å²) in [5, 5.41) is 19.6. The zero-order valence-corrected chi connectivity index (χ0v) is 34.9. The number of morpholine rings is 1. The lowest BCUT2D eigenvalue weighted by Crippen LogP contribution is -2.42. The van der Waals surface area contributed by atoms with Gasteiger partial charge in [-0.15, -0.1) is 0 Å². The average Bonchev–Trinajstić information content (AvgIpc) is 4.11. The third-order valence-electron chi connectivity index (χ3n) is 13.9. The van der Waals surface area contributed by atoms with Crippen molar-refractivity contribution in [2.75, 3.05) is 56.2 Å². The van der Waals surface area contributed by atoms with Crippen LogP contribution >= 0.6 is 0 Å². The minimum absolute atomic E-state index is 0.000353. The van der Waals surface area contributed by atoms with Crippen molar-refractivity contribution < 1.29 is 32.6 Å². The molecule has 2 saturated carbocycles. The fourth-order valence-electron chi connectivity index (χ4n) is 10.8. The molecule has 16 nitrogen and oxygen atoms in total. The highest BCUT2D eigenvalue weighted by molar-refractivity contribution is 6.08. The van der Waals surface area contributed by atoms with Crippen LogP contribution in [0.3, 0.4) is 0 Å². The van der Waals surface area contributed by atoms with Crippen LogP contribution < -0.4 is 15.5 Å². The lowest BCUT2D eigenvalue weighted by molar-refractivity contribution is -0.135. The minimum Gasteiger partial charge on any atom is -0.378 e. The highest BCUT2D eigenvalue weighted by Gasteiger charge is 2.45. The van der Waals surface area contributed by atoms with Crippen molar-refractivity contribution in [3.63, 3.8) is 0 Å². The molecule has 328 valence electrons. The van der Waals surface area contributed by atoms with Gasteiger partial charge in [0.05, 0.1) is 48.5 Å². The number of aromatic nitrogens is 7. The summed E-state index contributed by atoms with van der Waals surface area (Å²) in [6.45, 7) is 7.22. The Morgan fingerprint density at radius 3 is 2.53 bits per heavy atom. The monoisotopic (exact) mass is 853 g/mol. The molecule has 62 heavy (non-hydrogen) atoms. The summed E-state index contributed by atoms with van der Waals surface area (Å²) in [5.41, 5.74) is 3.13. The van der Waals surface area contributed by atoms with Crippen molar-refractivity contribution in [3.05, 3.63) is 65.4 Å². The van der Waals surface area contributed by atoms with Gasteiger partial charge in [0.2, 0.25) is 5.91 Å². The van der Waals surface area contributed by atoms with Gasteiger partial charge in [0.15, 0.2) is 11.3 Å². The van der Waals surface area contributed by atoms with Crippen LogP contribution in [0.4, 0.5) is 20.3 Å². The Balaban J connectivity index is 0.694. The fraction of sp³-hybridized carbons (Fsp3) is 0.568. The number of halogens is 2. The SMILES string of the molecule is Cc1nn(C2CCC(=O)NC2=O)c2cccc(CCCOC3CCN(C4CC5CC(n6cc(NC(=O)c7cnn8ccc(N9CCOCC9)nc78)c(C(F)F)n6)CC5C4)CC3)c12. The number of hydrogen-bond acceptors (Lipinski definition) is 11.